The molecule has 1 N–H and O–H groups in total. The maximum absolute atomic E-state index is 12.8. The van der Waals surface area contributed by atoms with Crippen molar-refractivity contribution in [3.63, 3.8) is 0 Å². The van der Waals surface area contributed by atoms with Gasteiger partial charge in [-0.3, -0.25) is 9.10 Å². The Hall–Kier alpha value is -2.58. The minimum Gasteiger partial charge on any atom is -0.487 e. The largest absolute Gasteiger partial charge is 0.487 e. The van der Waals surface area contributed by atoms with Crippen molar-refractivity contribution in [1.29, 1.82) is 0 Å². The van der Waals surface area contributed by atoms with E-state index >= 15 is 0 Å². The van der Waals surface area contributed by atoms with Crippen LogP contribution in [0.25, 0.3) is 0 Å². The molecule has 0 aromatic heterocycles. The van der Waals surface area contributed by atoms with E-state index in [1.54, 1.807) is 24.3 Å². The molecule has 0 bridgehead atoms. The van der Waals surface area contributed by atoms with Crippen LogP contribution in [0.1, 0.15) is 42.2 Å². The van der Waals surface area contributed by atoms with Gasteiger partial charge in [-0.1, -0.05) is 18.2 Å². The van der Waals surface area contributed by atoms with Crippen LogP contribution in [-0.4, -0.2) is 45.4 Å². The summed E-state index contributed by atoms with van der Waals surface area (Å²) in [7, 11) is 0.844. The Balaban J connectivity index is 1.78. The minimum atomic E-state index is -3.58. The molecule has 0 aliphatic carbocycles. The van der Waals surface area contributed by atoms with Crippen molar-refractivity contribution in [2.45, 2.75) is 31.9 Å². The number of anilines is 1. The smallest absolute Gasteiger partial charge is 0.303 e. The molecule has 1 heterocycles. The first-order valence-electron chi connectivity index (χ1n) is 9.36. The fourth-order valence-electron chi connectivity index (χ4n) is 3.37. The number of para-hydroxylation sites is 1. The van der Waals surface area contributed by atoms with Crippen molar-refractivity contribution >= 4 is 21.8 Å². The normalized spacial score (nSPS) is 17.9. The van der Waals surface area contributed by atoms with Crippen LogP contribution in [0.4, 0.5) is 5.69 Å². The number of nitrogens with zero attached hydrogens (tertiary/aromatic N) is 2. The zero-order valence-corrected chi connectivity index (χ0v) is 18.2. The van der Waals surface area contributed by atoms with Crippen LogP contribution >= 0.6 is 0 Å². The molecule has 3 rings (SSSR count). The number of amides is 1. The van der Waals surface area contributed by atoms with Gasteiger partial charge in [-0.2, -0.15) is 12.7 Å². The summed E-state index contributed by atoms with van der Waals surface area (Å²) in [5.74, 6) is 0.562. The number of fused-ring (bicyclic) bond motifs is 1. The molecule has 1 aliphatic heterocycles. The lowest BCUT2D eigenvalue weighted by Crippen LogP contribution is -2.41. The Bertz CT molecular complexity index is 1000. The summed E-state index contributed by atoms with van der Waals surface area (Å²) in [5.41, 5.74) is 1.51. The summed E-state index contributed by atoms with van der Waals surface area (Å²) in [6.45, 7) is 4.00. The molecule has 29 heavy (non-hydrogen) atoms. The average Bonchev–Trinajstić information content (AvgIpc) is 2.66. The summed E-state index contributed by atoms with van der Waals surface area (Å²) in [6.07, 6.45) is 0.650. The highest BCUT2D eigenvalue weighted by atomic mass is 32.2. The first kappa shape index (κ1) is 21.1. The number of carbonyl (C=O) groups is 1. The molecule has 0 spiro atoms. The van der Waals surface area contributed by atoms with Crippen molar-refractivity contribution in [3.8, 4) is 5.75 Å². The third-order valence-corrected chi connectivity index (χ3v) is 6.81. The number of carbonyl (C=O) groups excluding carboxylic acids is 1. The number of benzene rings is 2. The zero-order chi connectivity index (χ0) is 21.4. The molecule has 1 aliphatic rings. The van der Waals surface area contributed by atoms with E-state index in [0.29, 0.717) is 17.7 Å². The van der Waals surface area contributed by atoms with E-state index in [1.807, 2.05) is 38.1 Å². The van der Waals surface area contributed by atoms with Gasteiger partial charge in [0.05, 0.1) is 11.7 Å². The number of rotatable bonds is 5. The molecule has 7 nitrogen and oxygen atoms in total. The summed E-state index contributed by atoms with van der Waals surface area (Å²) in [4.78, 5) is 12.8. The molecule has 156 valence electrons. The zero-order valence-electron chi connectivity index (χ0n) is 17.3. The summed E-state index contributed by atoms with van der Waals surface area (Å²) >= 11 is 0. The van der Waals surface area contributed by atoms with Crippen LogP contribution in [0.15, 0.2) is 48.5 Å². The van der Waals surface area contributed by atoms with E-state index < -0.39 is 10.2 Å². The first-order chi connectivity index (χ1) is 13.5. The van der Waals surface area contributed by atoms with Crippen LogP contribution in [0, 0.1) is 0 Å². The van der Waals surface area contributed by atoms with Gasteiger partial charge in [0.1, 0.15) is 11.4 Å². The number of hydrogen-bond donors (Lipinski definition) is 1. The molecule has 8 heteroatoms. The van der Waals surface area contributed by atoms with Crippen molar-refractivity contribution in [1.82, 2.24) is 9.62 Å². The molecule has 0 saturated carbocycles. The third kappa shape index (κ3) is 4.38. The summed E-state index contributed by atoms with van der Waals surface area (Å²) in [6, 6.07) is 14.0. The Morgan fingerprint density at radius 1 is 1.07 bits per heavy atom. The lowest BCUT2D eigenvalue weighted by Gasteiger charge is -2.37. The Labute approximate surface area is 172 Å². The van der Waals surface area contributed by atoms with Crippen molar-refractivity contribution in [2.24, 2.45) is 0 Å². The van der Waals surface area contributed by atoms with Crippen LogP contribution in [0.5, 0.6) is 5.75 Å². The van der Waals surface area contributed by atoms with E-state index in [9.17, 15) is 13.2 Å². The van der Waals surface area contributed by atoms with E-state index in [-0.39, 0.29) is 17.6 Å². The highest BCUT2D eigenvalue weighted by molar-refractivity contribution is 7.90. The molecule has 2 aromatic rings. The van der Waals surface area contributed by atoms with Crippen molar-refractivity contribution in [2.75, 3.05) is 25.4 Å². The molecular formula is C21H27N3O4S. The van der Waals surface area contributed by atoms with Gasteiger partial charge in [0.25, 0.3) is 5.91 Å². The SMILES string of the molecule is CN(C)S(=O)(=O)N(C)c1ccc(C(=O)N[C@H]2CC(C)(C)Oc3ccccc32)cc1. The lowest BCUT2D eigenvalue weighted by molar-refractivity contribution is 0.0619. The molecular weight excluding hydrogens is 390 g/mol. The number of hydrogen-bond acceptors (Lipinski definition) is 4. The van der Waals surface area contributed by atoms with Gasteiger partial charge in [0.2, 0.25) is 0 Å². The van der Waals surface area contributed by atoms with Crippen LogP contribution in [-0.2, 0) is 10.2 Å². The predicted molar refractivity (Wildman–Crippen MR) is 113 cm³/mol. The molecule has 0 radical (unpaired) electrons. The highest BCUT2D eigenvalue weighted by Gasteiger charge is 2.34. The second-order valence-electron chi connectivity index (χ2n) is 7.93. The van der Waals surface area contributed by atoms with Crippen molar-refractivity contribution in [3.05, 3.63) is 59.7 Å². The Morgan fingerprint density at radius 2 is 1.69 bits per heavy atom. The quantitative estimate of drug-likeness (QED) is 0.811. The predicted octanol–water partition coefficient (Wildman–Crippen LogP) is 2.96. The van der Waals surface area contributed by atoms with Crippen LogP contribution in [0.3, 0.4) is 0 Å². The standard InChI is InChI=1S/C21H27N3O4S/c1-21(2)14-18(17-8-6-7-9-19(17)28-21)22-20(25)15-10-12-16(13-11-15)24(5)29(26,27)23(3)4/h6-13,18H,14H2,1-5H3,(H,22,25)/t18-/m0/s1. The fraction of sp³-hybridized carbons (Fsp3) is 0.381. The topological polar surface area (TPSA) is 79.0 Å². The lowest BCUT2D eigenvalue weighted by atomic mass is 9.89. The Kier molecular flexibility index (Phi) is 5.60. The molecule has 0 saturated heterocycles. The van der Waals surface area contributed by atoms with E-state index in [1.165, 1.54) is 25.4 Å². The van der Waals surface area contributed by atoms with Gasteiger partial charge in [-0.25, -0.2) is 0 Å². The van der Waals surface area contributed by atoms with E-state index in [4.69, 9.17) is 4.74 Å². The summed E-state index contributed by atoms with van der Waals surface area (Å²) in [5, 5.41) is 3.09. The number of nitrogens with one attached hydrogen (secondary N) is 1. The van der Waals surface area contributed by atoms with Gasteiger partial charge >= 0.3 is 10.2 Å². The fourth-order valence-corrected chi connectivity index (χ4v) is 4.25. The average molecular weight is 418 g/mol. The van der Waals surface area contributed by atoms with E-state index in [2.05, 4.69) is 5.32 Å². The molecule has 2 aromatic carbocycles. The maximum Gasteiger partial charge on any atom is 0.303 e. The minimum absolute atomic E-state index is 0.168. The van der Waals surface area contributed by atoms with E-state index in [0.717, 1.165) is 15.6 Å². The van der Waals surface area contributed by atoms with Gasteiger partial charge in [-0.15, -0.1) is 0 Å². The summed E-state index contributed by atoms with van der Waals surface area (Å²) < 4.78 is 32.8. The molecule has 0 unspecified atom stereocenters. The third-order valence-electron chi connectivity index (χ3n) is 4.98. The van der Waals surface area contributed by atoms with Gasteiger partial charge in [-0.05, 0) is 44.2 Å². The number of ether oxygens (including phenoxy) is 1. The maximum atomic E-state index is 12.8. The van der Waals surface area contributed by atoms with Gasteiger partial charge < -0.3 is 10.1 Å². The van der Waals surface area contributed by atoms with Gasteiger partial charge in [0.15, 0.2) is 0 Å². The van der Waals surface area contributed by atoms with Gasteiger partial charge in [0, 0.05) is 38.7 Å². The second-order valence-corrected chi connectivity index (χ2v) is 10.1. The molecule has 0 fully saturated rings. The van der Waals surface area contributed by atoms with Crippen LogP contribution < -0.4 is 14.4 Å². The molecule has 1 atom stereocenters. The van der Waals surface area contributed by atoms with Crippen molar-refractivity contribution < 1.29 is 17.9 Å². The Morgan fingerprint density at radius 3 is 2.31 bits per heavy atom. The highest BCUT2D eigenvalue weighted by Crippen LogP contribution is 2.39. The monoisotopic (exact) mass is 417 g/mol. The first-order valence-corrected chi connectivity index (χ1v) is 10.8. The second kappa shape index (κ2) is 7.68. The molecule has 1 amide bonds. The van der Waals surface area contributed by atoms with Crippen LogP contribution in [0.2, 0.25) is 0 Å².